The van der Waals surface area contributed by atoms with E-state index in [-0.39, 0.29) is 22.2 Å². The summed E-state index contributed by atoms with van der Waals surface area (Å²) in [6.07, 6.45) is 0. The van der Waals surface area contributed by atoms with Gasteiger partial charge >= 0.3 is 5.97 Å². The number of nitrogens with zero attached hydrogens (tertiary/aromatic N) is 2. The van der Waals surface area contributed by atoms with Crippen LogP contribution in [0.1, 0.15) is 17.3 Å². The number of carboxylic acids is 1. The summed E-state index contributed by atoms with van der Waals surface area (Å²) < 4.78 is 0. The van der Waals surface area contributed by atoms with E-state index in [1.165, 1.54) is 6.07 Å². The van der Waals surface area contributed by atoms with E-state index in [4.69, 9.17) is 28.3 Å². The molecule has 1 aromatic carbocycles. The standard InChI is InChI=1S/C11H10Cl2N2O5/c1-2-14(5-9(16)17)11(18)6-3-7(12)10(13)8(4-6)15(19)20/h3-4H,2,5H2,1H3,(H,16,17). The number of likely N-dealkylation sites (N-methyl/N-ethyl adjacent to an activating group) is 1. The van der Waals surface area contributed by atoms with Crippen molar-refractivity contribution >= 4 is 40.8 Å². The number of amides is 1. The van der Waals surface area contributed by atoms with Gasteiger partial charge in [-0.3, -0.25) is 19.7 Å². The van der Waals surface area contributed by atoms with E-state index in [9.17, 15) is 19.7 Å². The number of hydrogen-bond donors (Lipinski definition) is 1. The van der Waals surface area contributed by atoms with Gasteiger partial charge in [0, 0.05) is 18.2 Å². The highest BCUT2D eigenvalue weighted by Crippen LogP contribution is 2.33. The Kier molecular flexibility index (Phi) is 5.29. The monoisotopic (exact) mass is 320 g/mol. The van der Waals surface area contributed by atoms with E-state index in [1.54, 1.807) is 6.92 Å². The Balaban J connectivity index is 3.22. The SMILES string of the molecule is CCN(CC(=O)O)C(=O)c1cc(Cl)c(Cl)c([N+](=O)[O-])c1. The van der Waals surface area contributed by atoms with Gasteiger partial charge in [0.05, 0.1) is 9.95 Å². The number of hydrogen-bond acceptors (Lipinski definition) is 4. The highest BCUT2D eigenvalue weighted by molar-refractivity contribution is 6.43. The molecule has 108 valence electrons. The van der Waals surface area contributed by atoms with Crippen LogP contribution in [-0.2, 0) is 4.79 Å². The van der Waals surface area contributed by atoms with Crippen molar-refractivity contribution < 1.29 is 19.6 Å². The van der Waals surface area contributed by atoms with Crippen LogP contribution in [-0.4, -0.2) is 39.9 Å². The van der Waals surface area contributed by atoms with E-state index < -0.39 is 29.0 Å². The van der Waals surface area contributed by atoms with Crippen molar-refractivity contribution in [1.82, 2.24) is 4.90 Å². The number of benzene rings is 1. The van der Waals surface area contributed by atoms with Gasteiger partial charge in [-0.05, 0) is 13.0 Å². The van der Waals surface area contributed by atoms with Crippen molar-refractivity contribution in [3.05, 3.63) is 37.9 Å². The summed E-state index contributed by atoms with van der Waals surface area (Å²) in [7, 11) is 0. The maximum Gasteiger partial charge on any atom is 0.323 e. The number of carboxylic acid groups (broad SMARTS) is 1. The Morgan fingerprint density at radius 1 is 1.40 bits per heavy atom. The maximum atomic E-state index is 12.1. The largest absolute Gasteiger partial charge is 0.480 e. The predicted octanol–water partition coefficient (Wildman–Crippen LogP) is 2.45. The molecule has 0 aliphatic heterocycles. The van der Waals surface area contributed by atoms with Crippen LogP contribution in [0.25, 0.3) is 0 Å². The molecule has 0 unspecified atom stereocenters. The summed E-state index contributed by atoms with van der Waals surface area (Å²) in [4.78, 5) is 33.8. The molecule has 1 N–H and O–H groups in total. The quantitative estimate of drug-likeness (QED) is 0.663. The van der Waals surface area contributed by atoms with Gasteiger partial charge in [0.1, 0.15) is 11.6 Å². The molecule has 7 nitrogen and oxygen atoms in total. The first-order valence-electron chi connectivity index (χ1n) is 5.42. The van der Waals surface area contributed by atoms with Crippen LogP contribution in [0.15, 0.2) is 12.1 Å². The minimum absolute atomic E-state index is 0.0887. The Morgan fingerprint density at radius 3 is 2.45 bits per heavy atom. The second-order valence-corrected chi connectivity index (χ2v) is 4.55. The molecule has 0 aromatic heterocycles. The third kappa shape index (κ3) is 3.58. The zero-order chi connectivity index (χ0) is 15.4. The normalized spacial score (nSPS) is 10.2. The molecule has 0 aliphatic carbocycles. The van der Waals surface area contributed by atoms with Crippen molar-refractivity contribution in [3.8, 4) is 0 Å². The fourth-order valence-corrected chi connectivity index (χ4v) is 1.90. The van der Waals surface area contributed by atoms with Crippen LogP contribution >= 0.6 is 23.2 Å². The van der Waals surface area contributed by atoms with Gasteiger partial charge in [-0.15, -0.1) is 0 Å². The number of nitro groups is 1. The molecule has 0 spiro atoms. The average molecular weight is 321 g/mol. The first-order chi connectivity index (χ1) is 9.27. The molecule has 0 saturated carbocycles. The Hall–Kier alpha value is -1.86. The molecule has 0 fully saturated rings. The summed E-state index contributed by atoms with van der Waals surface area (Å²) in [5, 5.41) is 19.1. The average Bonchev–Trinajstić information content (AvgIpc) is 2.37. The number of rotatable bonds is 5. The van der Waals surface area contributed by atoms with Gasteiger partial charge in [-0.2, -0.15) is 0 Å². The van der Waals surface area contributed by atoms with E-state index in [2.05, 4.69) is 0 Å². The fraction of sp³-hybridized carbons (Fsp3) is 0.273. The summed E-state index contributed by atoms with van der Waals surface area (Å²) in [5.74, 6) is -1.86. The number of halogens is 2. The molecule has 0 bridgehead atoms. The van der Waals surface area contributed by atoms with Crippen molar-refractivity contribution in [2.75, 3.05) is 13.1 Å². The van der Waals surface area contributed by atoms with Gasteiger partial charge in [0.15, 0.2) is 0 Å². The molecule has 0 atom stereocenters. The maximum absolute atomic E-state index is 12.1. The van der Waals surface area contributed by atoms with Crippen LogP contribution in [0, 0.1) is 10.1 Å². The van der Waals surface area contributed by atoms with Crippen molar-refractivity contribution in [1.29, 1.82) is 0 Å². The van der Waals surface area contributed by atoms with Gasteiger partial charge in [0.25, 0.3) is 11.6 Å². The fourth-order valence-electron chi connectivity index (χ4n) is 1.50. The number of carbonyl (C=O) groups excluding carboxylic acids is 1. The molecule has 9 heteroatoms. The first-order valence-corrected chi connectivity index (χ1v) is 6.18. The molecule has 0 heterocycles. The molecular formula is C11H10Cl2N2O5. The third-order valence-corrected chi connectivity index (χ3v) is 3.24. The Morgan fingerprint density at radius 2 is 2.00 bits per heavy atom. The van der Waals surface area contributed by atoms with Gasteiger partial charge in [0.2, 0.25) is 0 Å². The van der Waals surface area contributed by atoms with Crippen LogP contribution in [0.2, 0.25) is 10.0 Å². The minimum atomic E-state index is -1.19. The zero-order valence-corrected chi connectivity index (χ0v) is 11.8. The summed E-state index contributed by atoms with van der Waals surface area (Å²) in [6, 6.07) is 2.14. The minimum Gasteiger partial charge on any atom is -0.480 e. The molecular weight excluding hydrogens is 311 g/mol. The van der Waals surface area contributed by atoms with Gasteiger partial charge in [-0.1, -0.05) is 23.2 Å². The summed E-state index contributed by atoms with van der Waals surface area (Å²) in [5.41, 5.74) is -0.594. The lowest BCUT2D eigenvalue weighted by Gasteiger charge is -2.18. The van der Waals surface area contributed by atoms with E-state index in [1.807, 2.05) is 0 Å². The molecule has 20 heavy (non-hydrogen) atoms. The molecule has 1 amide bonds. The first kappa shape index (κ1) is 16.2. The number of aliphatic carboxylic acids is 1. The highest BCUT2D eigenvalue weighted by Gasteiger charge is 2.23. The lowest BCUT2D eigenvalue weighted by Crippen LogP contribution is -2.35. The molecule has 1 aromatic rings. The second kappa shape index (κ2) is 6.53. The van der Waals surface area contributed by atoms with Crippen molar-refractivity contribution in [2.45, 2.75) is 6.92 Å². The van der Waals surface area contributed by atoms with E-state index in [0.29, 0.717) is 0 Å². The Bertz CT molecular complexity index is 576. The van der Waals surface area contributed by atoms with Crippen molar-refractivity contribution in [3.63, 3.8) is 0 Å². The highest BCUT2D eigenvalue weighted by atomic mass is 35.5. The third-order valence-electron chi connectivity index (χ3n) is 2.45. The summed E-state index contributed by atoms with van der Waals surface area (Å²) >= 11 is 11.4. The zero-order valence-electron chi connectivity index (χ0n) is 10.3. The molecule has 1 rings (SSSR count). The Labute approximate surface area is 123 Å². The van der Waals surface area contributed by atoms with Crippen LogP contribution in [0.3, 0.4) is 0 Å². The summed E-state index contributed by atoms with van der Waals surface area (Å²) in [6.45, 7) is 1.22. The molecule has 0 aliphatic rings. The van der Waals surface area contributed by atoms with E-state index >= 15 is 0 Å². The van der Waals surface area contributed by atoms with Gasteiger partial charge < -0.3 is 10.0 Å². The second-order valence-electron chi connectivity index (χ2n) is 3.76. The van der Waals surface area contributed by atoms with Crippen molar-refractivity contribution in [2.24, 2.45) is 0 Å². The smallest absolute Gasteiger partial charge is 0.323 e. The van der Waals surface area contributed by atoms with Crippen LogP contribution in [0.4, 0.5) is 5.69 Å². The van der Waals surface area contributed by atoms with E-state index in [0.717, 1.165) is 11.0 Å². The number of nitro benzene ring substituents is 1. The van der Waals surface area contributed by atoms with Gasteiger partial charge in [-0.25, -0.2) is 0 Å². The lowest BCUT2D eigenvalue weighted by atomic mass is 10.1. The van der Waals surface area contributed by atoms with Crippen LogP contribution < -0.4 is 0 Å². The topological polar surface area (TPSA) is 101 Å². The molecule has 0 radical (unpaired) electrons. The molecule has 0 saturated heterocycles. The van der Waals surface area contributed by atoms with Crippen LogP contribution in [0.5, 0.6) is 0 Å². The lowest BCUT2D eigenvalue weighted by molar-refractivity contribution is -0.384. The number of carbonyl (C=O) groups is 2. The predicted molar refractivity (Wildman–Crippen MR) is 72.3 cm³/mol.